The van der Waals surface area contributed by atoms with Crippen LogP contribution in [0.3, 0.4) is 0 Å². The number of carbonyl (C=O) groups excluding carboxylic acids is 2. The number of allylic oxidation sites excluding steroid dienone is 8. The van der Waals surface area contributed by atoms with Gasteiger partial charge in [0.2, 0.25) is 0 Å². The summed E-state index contributed by atoms with van der Waals surface area (Å²) in [7, 11) is 1.18. The smallest absolute Gasteiger partial charge is 0.306 e. The van der Waals surface area contributed by atoms with Gasteiger partial charge in [0.15, 0.2) is 6.10 Å². The number of rotatable bonds is 62. The Kier molecular flexibility index (Phi) is 58.0. The van der Waals surface area contributed by atoms with Crippen LogP contribution in [0.25, 0.3) is 0 Å². The lowest BCUT2D eigenvalue weighted by Crippen LogP contribution is -2.37. The van der Waals surface area contributed by atoms with Gasteiger partial charge in [-0.05, 0) is 77.0 Å². The van der Waals surface area contributed by atoms with Crippen molar-refractivity contribution < 1.29 is 42.1 Å². The van der Waals surface area contributed by atoms with Crippen molar-refractivity contribution in [2.75, 3.05) is 47.5 Å². The Labute approximate surface area is 484 Å². The lowest BCUT2D eigenvalue weighted by molar-refractivity contribution is -0.870. The number of unbranched alkanes of at least 4 members (excludes halogenated alkanes) is 40. The molecule has 0 radical (unpaired) electrons. The number of nitrogens with zero attached hydrogens (tertiary/aromatic N) is 1. The van der Waals surface area contributed by atoms with Gasteiger partial charge >= 0.3 is 11.9 Å². The van der Waals surface area contributed by atoms with Crippen LogP contribution in [-0.4, -0.2) is 70.0 Å². The molecular formula is C68H128NO8P. The van der Waals surface area contributed by atoms with Gasteiger partial charge in [0.25, 0.3) is 7.82 Å². The normalized spacial score (nSPS) is 13.5. The fourth-order valence-corrected chi connectivity index (χ4v) is 10.4. The van der Waals surface area contributed by atoms with Gasteiger partial charge in [0, 0.05) is 12.8 Å². The van der Waals surface area contributed by atoms with E-state index in [0.717, 1.165) is 51.4 Å². The Morgan fingerprint density at radius 2 is 0.692 bits per heavy atom. The van der Waals surface area contributed by atoms with Crippen molar-refractivity contribution in [3.63, 3.8) is 0 Å². The van der Waals surface area contributed by atoms with Gasteiger partial charge in [-0.25, -0.2) is 0 Å². The molecule has 0 bridgehead atoms. The number of quaternary nitrogens is 1. The van der Waals surface area contributed by atoms with Gasteiger partial charge in [0.05, 0.1) is 27.7 Å². The maximum Gasteiger partial charge on any atom is 0.306 e. The number of phosphoric acid groups is 1. The second kappa shape index (κ2) is 59.6. The van der Waals surface area contributed by atoms with E-state index < -0.39 is 26.5 Å². The Morgan fingerprint density at radius 3 is 1.04 bits per heavy atom. The summed E-state index contributed by atoms with van der Waals surface area (Å²) in [5, 5.41) is 0. The topological polar surface area (TPSA) is 111 Å². The minimum Gasteiger partial charge on any atom is -0.756 e. The third-order valence-electron chi connectivity index (χ3n) is 14.8. The molecule has 0 aromatic heterocycles. The van der Waals surface area contributed by atoms with Gasteiger partial charge in [0.1, 0.15) is 19.8 Å². The van der Waals surface area contributed by atoms with Crippen molar-refractivity contribution in [1.29, 1.82) is 0 Å². The van der Waals surface area contributed by atoms with Crippen LogP contribution in [-0.2, 0) is 32.7 Å². The summed E-state index contributed by atoms with van der Waals surface area (Å²) < 4.78 is 34.3. The highest BCUT2D eigenvalue weighted by atomic mass is 31.2. The Hall–Kier alpha value is -2.03. The first-order valence-corrected chi connectivity index (χ1v) is 34.8. The van der Waals surface area contributed by atoms with Crippen LogP contribution < -0.4 is 4.89 Å². The summed E-state index contributed by atoms with van der Waals surface area (Å²) >= 11 is 0. The molecule has 0 N–H and O–H groups in total. The molecule has 0 amide bonds. The van der Waals surface area contributed by atoms with Crippen LogP contribution in [0.4, 0.5) is 0 Å². The van der Waals surface area contributed by atoms with E-state index >= 15 is 0 Å². The largest absolute Gasteiger partial charge is 0.756 e. The molecule has 0 aliphatic carbocycles. The SMILES string of the molecule is CCCCCCC/C=C\C/C=C\C/C=C\CCCCCCCCCCCCCCC(=O)OC(COC(=O)CCCCCCCCCCCCCCCCC/C=C\CCCCCCCCCC)COP(=O)([O-])OCC[N+](C)(C)C. The molecule has 0 aromatic carbocycles. The number of ether oxygens (including phenoxy) is 2. The van der Waals surface area contributed by atoms with Crippen LogP contribution in [0.2, 0.25) is 0 Å². The predicted molar refractivity (Wildman–Crippen MR) is 333 cm³/mol. The summed E-state index contributed by atoms with van der Waals surface area (Å²) in [5.74, 6) is -0.821. The van der Waals surface area contributed by atoms with Gasteiger partial charge in [-0.15, -0.1) is 0 Å². The van der Waals surface area contributed by atoms with E-state index in [0.29, 0.717) is 17.4 Å². The van der Waals surface area contributed by atoms with Crippen molar-refractivity contribution >= 4 is 19.8 Å². The Morgan fingerprint density at radius 1 is 0.397 bits per heavy atom. The van der Waals surface area contributed by atoms with Gasteiger partial charge in [-0.2, -0.15) is 0 Å². The van der Waals surface area contributed by atoms with E-state index in [9.17, 15) is 19.0 Å². The summed E-state index contributed by atoms with van der Waals surface area (Å²) in [4.78, 5) is 38.0. The molecule has 78 heavy (non-hydrogen) atoms. The van der Waals surface area contributed by atoms with Crippen molar-refractivity contribution in [3.05, 3.63) is 48.6 Å². The van der Waals surface area contributed by atoms with Gasteiger partial charge in [-0.3, -0.25) is 14.2 Å². The number of esters is 2. The van der Waals surface area contributed by atoms with Gasteiger partial charge < -0.3 is 27.9 Å². The van der Waals surface area contributed by atoms with Crippen LogP contribution >= 0.6 is 7.82 Å². The van der Waals surface area contributed by atoms with Crippen molar-refractivity contribution in [2.24, 2.45) is 0 Å². The maximum absolute atomic E-state index is 12.8. The minimum absolute atomic E-state index is 0.0305. The highest BCUT2D eigenvalue weighted by Gasteiger charge is 2.22. The molecule has 0 aliphatic heterocycles. The summed E-state index contributed by atoms with van der Waals surface area (Å²) in [6.45, 7) is 4.28. The molecule has 10 heteroatoms. The monoisotopic (exact) mass is 1120 g/mol. The van der Waals surface area contributed by atoms with E-state index in [1.165, 1.54) is 238 Å². The molecular weight excluding hydrogens is 990 g/mol. The minimum atomic E-state index is -4.64. The molecule has 0 heterocycles. The zero-order valence-electron chi connectivity index (χ0n) is 52.1. The number of likely N-dealkylation sites (N-methyl/N-ethyl adjacent to an activating group) is 1. The Bertz CT molecular complexity index is 1460. The molecule has 0 aromatic rings. The number of carbonyl (C=O) groups is 2. The summed E-state index contributed by atoms with van der Waals surface area (Å²) in [6.07, 6.45) is 76.0. The van der Waals surface area contributed by atoms with Crippen molar-refractivity contribution in [3.8, 4) is 0 Å². The standard InChI is InChI=1S/C68H128NO8P/c1-6-8-10-12-14-16-18-20-22-24-26-28-30-32-34-36-38-40-42-44-46-48-50-52-54-56-58-60-67(70)74-64-66(65-76-78(72,73)75-63-62-69(3,4)5)77-68(71)61-59-57-55-53-51-49-47-45-43-41-39-37-35-33-31-29-27-25-23-21-19-17-15-13-11-9-7-2/h19,21,24-27,31,33,66H,6-18,20,22-23,28-30,32,34-65H2,1-5H3/b21-19-,26-24-,27-25-,33-31-. The zero-order chi connectivity index (χ0) is 57.0. The van der Waals surface area contributed by atoms with Crippen LogP contribution in [0.15, 0.2) is 48.6 Å². The average Bonchev–Trinajstić information content (AvgIpc) is 3.41. The fourth-order valence-electron chi connectivity index (χ4n) is 9.66. The molecule has 0 rings (SSSR count). The predicted octanol–water partition coefficient (Wildman–Crippen LogP) is 20.6. The zero-order valence-corrected chi connectivity index (χ0v) is 53.0. The van der Waals surface area contributed by atoms with E-state index in [-0.39, 0.29) is 32.0 Å². The molecule has 458 valence electrons. The first-order chi connectivity index (χ1) is 38.0. The number of hydrogen-bond acceptors (Lipinski definition) is 8. The first-order valence-electron chi connectivity index (χ1n) is 33.3. The number of hydrogen-bond donors (Lipinski definition) is 0. The summed E-state index contributed by atoms with van der Waals surface area (Å²) in [5.41, 5.74) is 0. The average molecular weight is 1120 g/mol. The van der Waals surface area contributed by atoms with Crippen LogP contribution in [0.5, 0.6) is 0 Å². The number of phosphoric ester groups is 1. The molecule has 0 spiro atoms. The third kappa shape index (κ3) is 63.2. The lowest BCUT2D eigenvalue weighted by atomic mass is 10.0. The molecule has 2 atom stereocenters. The Balaban J connectivity index is 4.07. The highest BCUT2D eigenvalue weighted by Crippen LogP contribution is 2.38. The molecule has 0 fully saturated rings. The second-order valence-corrected chi connectivity index (χ2v) is 25.2. The molecule has 0 aliphatic rings. The first kappa shape index (κ1) is 76.0. The second-order valence-electron chi connectivity index (χ2n) is 23.8. The van der Waals surface area contributed by atoms with Crippen molar-refractivity contribution in [1.82, 2.24) is 0 Å². The molecule has 2 unspecified atom stereocenters. The molecule has 0 saturated heterocycles. The third-order valence-corrected chi connectivity index (χ3v) is 15.8. The quantitative estimate of drug-likeness (QED) is 0.0195. The fraction of sp³-hybridized carbons (Fsp3) is 0.853. The van der Waals surface area contributed by atoms with Crippen LogP contribution in [0, 0.1) is 0 Å². The summed E-state index contributed by atoms with van der Waals surface area (Å²) in [6, 6.07) is 0. The maximum atomic E-state index is 12.8. The van der Waals surface area contributed by atoms with Crippen LogP contribution in [0.1, 0.15) is 322 Å². The van der Waals surface area contributed by atoms with E-state index in [2.05, 4.69) is 62.5 Å². The van der Waals surface area contributed by atoms with Gasteiger partial charge in [-0.1, -0.05) is 281 Å². The molecule has 0 saturated carbocycles. The lowest BCUT2D eigenvalue weighted by Gasteiger charge is -2.28. The van der Waals surface area contributed by atoms with E-state index in [4.69, 9.17) is 18.5 Å². The van der Waals surface area contributed by atoms with E-state index in [1.807, 2.05) is 21.1 Å². The van der Waals surface area contributed by atoms with E-state index in [1.54, 1.807) is 0 Å². The molecule has 9 nitrogen and oxygen atoms in total. The van der Waals surface area contributed by atoms with Crippen molar-refractivity contribution in [2.45, 2.75) is 328 Å². The highest BCUT2D eigenvalue weighted by molar-refractivity contribution is 7.45.